The van der Waals surface area contributed by atoms with Crippen molar-refractivity contribution in [1.29, 1.82) is 0 Å². The monoisotopic (exact) mass is 340 g/mol. The number of piperidine rings is 1. The highest BCUT2D eigenvalue weighted by atomic mass is 32.2. The minimum Gasteiger partial charge on any atom is -0.383 e. The first-order chi connectivity index (χ1) is 10.3. The van der Waals surface area contributed by atoms with Crippen molar-refractivity contribution in [3.05, 3.63) is 0 Å². The van der Waals surface area contributed by atoms with Gasteiger partial charge in [-0.15, -0.1) is 0 Å². The lowest BCUT2D eigenvalue weighted by atomic mass is 10.0. The highest BCUT2D eigenvalue weighted by molar-refractivity contribution is 7.89. The van der Waals surface area contributed by atoms with E-state index in [0.717, 1.165) is 0 Å². The first-order valence-electron chi connectivity index (χ1n) is 7.89. The minimum atomic E-state index is -3.18. The van der Waals surface area contributed by atoms with Crippen molar-refractivity contribution >= 4 is 10.0 Å². The van der Waals surface area contributed by atoms with Gasteiger partial charge < -0.3 is 4.74 Å². The lowest BCUT2D eigenvalue weighted by Gasteiger charge is -2.38. The Morgan fingerprint density at radius 2 is 1.91 bits per heavy atom. The number of halogens is 2. The van der Waals surface area contributed by atoms with Crippen LogP contribution in [0, 0.1) is 0 Å². The Kier molecular flexibility index (Phi) is 5.79. The molecule has 0 unspecified atom stereocenters. The van der Waals surface area contributed by atoms with E-state index in [9.17, 15) is 17.2 Å². The van der Waals surface area contributed by atoms with E-state index in [1.54, 1.807) is 0 Å². The van der Waals surface area contributed by atoms with Crippen LogP contribution in [0.5, 0.6) is 0 Å². The van der Waals surface area contributed by atoms with Gasteiger partial charge in [0.2, 0.25) is 10.0 Å². The van der Waals surface area contributed by atoms with Crippen LogP contribution >= 0.6 is 0 Å². The molecule has 2 heterocycles. The van der Waals surface area contributed by atoms with E-state index in [4.69, 9.17) is 4.74 Å². The third-order valence-electron chi connectivity index (χ3n) is 4.52. The van der Waals surface area contributed by atoms with Gasteiger partial charge in [-0.3, -0.25) is 4.90 Å². The number of ether oxygens (including phenoxy) is 1. The predicted octanol–water partition coefficient (Wildman–Crippen LogP) is 1.55. The Bertz CT molecular complexity index is 465. The summed E-state index contributed by atoms with van der Waals surface area (Å²) in [4.78, 5) is 1.83. The molecule has 0 bridgehead atoms. The molecule has 0 aliphatic carbocycles. The van der Waals surface area contributed by atoms with E-state index in [0.29, 0.717) is 39.0 Å². The molecule has 0 N–H and O–H groups in total. The number of likely N-dealkylation sites (tertiary alicyclic amines) is 1. The highest BCUT2D eigenvalue weighted by Crippen LogP contribution is 2.35. The van der Waals surface area contributed by atoms with Gasteiger partial charge in [-0.05, 0) is 19.3 Å². The average molecular weight is 340 g/mol. The fourth-order valence-electron chi connectivity index (χ4n) is 3.54. The van der Waals surface area contributed by atoms with E-state index in [1.807, 2.05) is 11.8 Å². The molecule has 22 heavy (non-hydrogen) atoms. The number of hydrogen-bond acceptors (Lipinski definition) is 4. The van der Waals surface area contributed by atoms with Gasteiger partial charge in [-0.1, -0.05) is 6.92 Å². The summed E-state index contributed by atoms with van der Waals surface area (Å²) in [7, 11) is -1.66. The SMILES string of the molecule is CCCS(=O)(=O)N1CCC(N2CC(F)(F)C[C@H]2COC)CC1. The number of nitrogens with zero attached hydrogens (tertiary/aromatic N) is 2. The third kappa shape index (κ3) is 4.15. The maximum absolute atomic E-state index is 13.7. The summed E-state index contributed by atoms with van der Waals surface area (Å²) in [6.07, 6.45) is 1.64. The Morgan fingerprint density at radius 3 is 2.45 bits per heavy atom. The zero-order valence-electron chi connectivity index (χ0n) is 13.3. The normalized spacial score (nSPS) is 28.3. The van der Waals surface area contributed by atoms with Crippen LogP contribution in [0.1, 0.15) is 32.6 Å². The molecule has 5 nitrogen and oxygen atoms in total. The van der Waals surface area contributed by atoms with Gasteiger partial charge in [-0.2, -0.15) is 0 Å². The molecule has 0 spiro atoms. The van der Waals surface area contributed by atoms with Crippen LogP contribution < -0.4 is 0 Å². The standard InChI is InChI=1S/C14H26F2N2O3S/c1-3-8-22(19,20)17-6-4-12(5-7-17)18-11-14(15,16)9-13(18)10-21-2/h12-13H,3-11H2,1-2H3/t13-/m0/s1. The summed E-state index contributed by atoms with van der Waals surface area (Å²) in [5, 5.41) is 0. The van der Waals surface area contributed by atoms with Gasteiger partial charge in [0.05, 0.1) is 18.9 Å². The maximum atomic E-state index is 13.7. The van der Waals surface area contributed by atoms with Gasteiger partial charge >= 0.3 is 0 Å². The highest BCUT2D eigenvalue weighted by Gasteiger charge is 2.47. The summed E-state index contributed by atoms with van der Waals surface area (Å²) in [6.45, 7) is 2.74. The molecule has 2 aliphatic rings. The fourth-order valence-corrected chi connectivity index (χ4v) is 5.08. The molecule has 0 saturated carbocycles. The maximum Gasteiger partial charge on any atom is 0.262 e. The largest absolute Gasteiger partial charge is 0.383 e. The molecule has 2 aliphatic heterocycles. The quantitative estimate of drug-likeness (QED) is 0.736. The van der Waals surface area contributed by atoms with Gasteiger partial charge in [-0.25, -0.2) is 21.5 Å². The average Bonchev–Trinajstić information content (AvgIpc) is 2.74. The molecule has 2 saturated heterocycles. The Labute approximate surface area is 131 Å². The van der Waals surface area contributed by atoms with Crippen LogP contribution in [-0.2, 0) is 14.8 Å². The van der Waals surface area contributed by atoms with Gasteiger partial charge in [0.25, 0.3) is 5.92 Å². The number of sulfonamides is 1. The van der Waals surface area contributed by atoms with Crippen molar-refractivity contribution < 1.29 is 21.9 Å². The molecule has 2 fully saturated rings. The molecule has 1 atom stereocenters. The molecular weight excluding hydrogens is 314 g/mol. The molecule has 2 rings (SSSR count). The molecule has 130 valence electrons. The number of alkyl halides is 2. The smallest absolute Gasteiger partial charge is 0.262 e. The Hall–Kier alpha value is -0.310. The molecule has 0 aromatic rings. The molecule has 0 amide bonds. The number of hydrogen-bond donors (Lipinski definition) is 0. The van der Waals surface area contributed by atoms with Crippen molar-refractivity contribution in [3.8, 4) is 0 Å². The lowest BCUT2D eigenvalue weighted by Crippen LogP contribution is -2.49. The van der Waals surface area contributed by atoms with Crippen LogP contribution in [0.2, 0.25) is 0 Å². The predicted molar refractivity (Wildman–Crippen MR) is 80.6 cm³/mol. The van der Waals surface area contributed by atoms with Crippen LogP contribution in [0.25, 0.3) is 0 Å². The summed E-state index contributed by atoms with van der Waals surface area (Å²) in [6, 6.07) is -0.259. The number of methoxy groups -OCH3 is 1. The van der Waals surface area contributed by atoms with Gasteiger partial charge in [0, 0.05) is 38.7 Å². The van der Waals surface area contributed by atoms with E-state index < -0.39 is 15.9 Å². The number of rotatable bonds is 6. The Morgan fingerprint density at radius 1 is 1.27 bits per heavy atom. The molecule has 0 aromatic heterocycles. The zero-order chi connectivity index (χ0) is 16.4. The third-order valence-corrected chi connectivity index (χ3v) is 6.60. The minimum absolute atomic E-state index is 0.0154. The van der Waals surface area contributed by atoms with Crippen molar-refractivity contribution in [2.45, 2.75) is 50.6 Å². The van der Waals surface area contributed by atoms with E-state index in [-0.39, 0.29) is 30.8 Å². The molecule has 0 aromatic carbocycles. The molecule has 0 radical (unpaired) electrons. The van der Waals surface area contributed by atoms with Crippen LogP contribution in [-0.4, -0.2) is 74.7 Å². The lowest BCUT2D eigenvalue weighted by molar-refractivity contribution is 0.00461. The van der Waals surface area contributed by atoms with E-state index in [1.165, 1.54) is 11.4 Å². The summed E-state index contributed by atoms with van der Waals surface area (Å²) in [5.74, 6) is -2.51. The van der Waals surface area contributed by atoms with Crippen LogP contribution in [0.3, 0.4) is 0 Å². The zero-order valence-corrected chi connectivity index (χ0v) is 14.1. The fraction of sp³-hybridized carbons (Fsp3) is 1.00. The van der Waals surface area contributed by atoms with Crippen molar-refractivity contribution in [2.24, 2.45) is 0 Å². The Balaban J connectivity index is 1.96. The van der Waals surface area contributed by atoms with Crippen LogP contribution in [0.4, 0.5) is 8.78 Å². The van der Waals surface area contributed by atoms with E-state index in [2.05, 4.69) is 0 Å². The first kappa shape index (κ1) is 18.0. The second-order valence-corrected chi connectivity index (χ2v) is 8.38. The summed E-state index contributed by atoms with van der Waals surface area (Å²) in [5.41, 5.74) is 0. The molecular formula is C14H26F2N2O3S. The van der Waals surface area contributed by atoms with Gasteiger partial charge in [0.15, 0.2) is 0 Å². The van der Waals surface area contributed by atoms with Crippen molar-refractivity contribution in [1.82, 2.24) is 9.21 Å². The summed E-state index contributed by atoms with van der Waals surface area (Å²) < 4.78 is 58.1. The second-order valence-electron chi connectivity index (χ2n) is 6.29. The van der Waals surface area contributed by atoms with E-state index >= 15 is 0 Å². The molecule has 8 heteroatoms. The second kappa shape index (κ2) is 7.07. The first-order valence-corrected chi connectivity index (χ1v) is 9.50. The van der Waals surface area contributed by atoms with Crippen LogP contribution in [0.15, 0.2) is 0 Å². The summed E-state index contributed by atoms with van der Waals surface area (Å²) >= 11 is 0. The van der Waals surface area contributed by atoms with Gasteiger partial charge in [0.1, 0.15) is 0 Å². The van der Waals surface area contributed by atoms with Crippen molar-refractivity contribution in [3.63, 3.8) is 0 Å². The topological polar surface area (TPSA) is 49.9 Å². The van der Waals surface area contributed by atoms with Crippen molar-refractivity contribution in [2.75, 3.05) is 39.1 Å².